The topological polar surface area (TPSA) is 79.2 Å². The van der Waals surface area contributed by atoms with Crippen LogP contribution in [0.15, 0.2) is 28.7 Å². The zero-order valence-corrected chi connectivity index (χ0v) is 11.2. The first kappa shape index (κ1) is 14.2. The number of rotatable bonds is 4. The number of carbonyl (C=O) groups is 2. The van der Waals surface area contributed by atoms with Gasteiger partial charge in [0.25, 0.3) is 5.91 Å². The molecule has 0 fully saturated rings. The maximum absolute atomic E-state index is 11.8. The summed E-state index contributed by atoms with van der Waals surface area (Å²) in [5.41, 5.74) is 0.355. The number of nitrogens with zero attached hydrogens (tertiary/aromatic N) is 1. The second-order valence-corrected chi connectivity index (χ2v) is 4.21. The quantitative estimate of drug-likeness (QED) is 0.857. The minimum absolute atomic E-state index is 0.157. The zero-order valence-electron chi connectivity index (χ0n) is 9.64. The first-order valence-corrected chi connectivity index (χ1v) is 6.00. The number of halogens is 1. The van der Waals surface area contributed by atoms with Gasteiger partial charge in [-0.05, 0) is 25.1 Å². The molecule has 0 aliphatic rings. The second kappa shape index (κ2) is 6.77. The number of carbonyl (C=O) groups excluding carboxylic acids is 2. The summed E-state index contributed by atoms with van der Waals surface area (Å²) in [6.07, 6.45) is 0. The highest BCUT2D eigenvalue weighted by Gasteiger charge is 2.21. The molecule has 0 saturated carbocycles. The Morgan fingerprint density at radius 2 is 2.28 bits per heavy atom. The van der Waals surface area contributed by atoms with Crippen LogP contribution in [0.5, 0.6) is 0 Å². The van der Waals surface area contributed by atoms with E-state index in [-0.39, 0.29) is 6.61 Å². The Morgan fingerprint density at radius 3 is 2.83 bits per heavy atom. The van der Waals surface area contributed by atoms with E-state index in [1.165, 1.54) is 0 Å². The van der Waals surface area contributed by atoms with Crippen molar-refractivity contribution in [2.75, 3.05) is 6.61 Å². The standard InChI is InChI=1S/C12H11BrN2O3/c1-2-18-12(17)10(7-14)15-11(16)8-4-3-5-9(13)6-8/h3-6,10H,2H2,1H3,(H,15,16). The molecule has 6 heteroatoms. The largest absolute Gasteiger partial charge is 0.464 e. The molecule has 0 spiro atoms. The number of nitrogens with one attached hydrogen (secondary N) is 1. The first-order valence-electron chi connectivity index (χ1n) is 5.21. The van der Waals surface area contributed by atoms with Crippen molar-refractivity contribution in [1.82, 2.24) is 5.32 Å². The van der Waals surface area contributed by atoms with Gasteiger partial charge in [-0.2, -0.15) is 5.26 Å². The van der Waals surface area contributed by atoms with Crippen LogP contribution in [0.25, 0.3) is 0 Å². The van der Waals surface area contributed by atoms with E-state index in [2.05, 4.69) is 26.0 Å². The Morgan fingerprint density at radius 1 is 1.56 bits per heavy atom. The Balaban J connectivity index is 2.74. The van der Waals surface area contributed by atoms with E-state index >= 15 is 0 Å². The van der Waals surface area contributed by atoms with E-state index in [9.17, 15) is 9.59 Å². The monoisotopic (exact) mass is 310 g/mol. The highest BCUT2D eigenvalue weighted by Crippen LogP contribution is 2.11. The molecule has 0 saturated heterocycles. The summed E-state index contributed by atoms with van der Waals surface area (Å²) in [5.74, 6) is -1.26. The predicted molar refractivity (Wildman–Crippen MR) is 67.6 cm³/mol. The average molecular weight is 311 g/mol. The number of hydrogen-bond acceptors (Lipinski definition) is 4. The Labute approximate surface area is 113 Å². The third-order valence-corrected chi connectivity index (χ3v) is 2.51. The van der Waals surface area contributed by atoms with E-state index in [1.54, 1.807) is 37.3 Å². The van der Waals surface area contributed by atoms with E-state index in [0.717, 1.165) is 4.47 Å². The highest BCUT2D eigenvalue weighted by molar-refractivity contribution is 9.10. The van der Waals surface area contributed by atoms with Crippen molar-refractivity contribution in [1.29, 1.82) is 5.26 Å². The van der Waals surface area contributed by atoms with Crippen molar-refractivity contribution in [2.24, 2.45) is 0 Å². The van der Waals surface area contributed by atoms with Gasteiger partial charge in [0.1, 0.15) is 0 Å². The molecule has 0 radical (unpaired) electrons. The molecule has 0 bridgehead atoms. The lowest BCUT2D eigenvalue weighted by molar-refractivity contribution is -0.143. The van der Waals surface area contributed by atoms with Crippen molar-refractivity contribution in [3.05, 3.63) is 34.3 Å². The number of ether oxygens (including phenoxy) is 1. The summed E-state index contributed by atoms with van der Waals surface area (Å²) in [6, 6.07) is 7.02. The van der Waals surface area contributed by atoms with Gasteiger partial charge in [-0.25, -0.2) is 4.79 Å². The molecule has 1 atom stereocenters. The van der Waals surface area contributed by atoms with Gasteiger partial charge in [-0.1, -0.05) is 22.0 Å². The van der Waals surface area contributed by atoms with Gasteiger partial charge in [0.15, 0.2) is 0 Å². The predicted octanol–water partition coefficient (Wildman–Crippen LogP) is 1.63. The molecular weight excluding hydrogens is 300 g/mol. The fraction of sp³-hybridized carbons (Fsp3) is 0.250. The molecule has 5 nitrogen and oxygen atoms in total. The summed E-state index contributed by atoms with van der Waals surface area (Å²) in [6.45, 7) is 1.78. The van der Waals surface area contributed by atoms with Crippen molar-refractivity contribution in [3.8, 4) is 6.07 Å². The maximum Gasteiger partial charge on any atom is 0.343 e. The van der Waals surface area contributed by atoms with Gasteiger partial charge in [0.05, 0.1) is 12.7 Å². The first-order chi connectivity index (χ1) is 8.58. The molecule has 1 amide bonds. The average Bonchev–Trinajstić information content (AvgIpc) is 2.35. The Hall–Kier alpha value is -1.87. The van der Waals surface area contributed by atoms with Crippen molar-refractivity contribution in [2.45, 2.75) is 13.0 Å². The van der Waals surface area contributed by atoms with Gasteiger partial charge >= 0.3 is 5.97 Å². The lowest BCUT2D eigenvalue weighted by Crippen LogP contribution is -2.40. The van der Waals surface area contributed by atoms with Crippen LogP contribution in [0.4, 0.5) is 0 Å². The van der Waals surface area contributed by atoms with Crippen molar-refractivity contribution < 1.29 is 14.3 Å². The van der Waals surface area contributed by atoms with Crippen LogP contribution < -0.4 is 5.32 Å². The molecular formula is C12H11BrN2O3. The van der Waals surface area contributed by atoms with Crippen molar-refractivity contribution in [3.63, 3.8) is 0 Å². The molecule has 1 aromatic rings. The molecule has 1 rings (SSSR count). The number of amides is 1. The Kier molecular flexibility index (Phi) is 5.33. The highest BCUT2D eigenvalue weighted by atomic mass is 79.9. The third kappa shape index (κ3) is 3.86. The number of benzene rings is 1. The smallest absolute Gasteiger partial charge is 0.343 e. The summed E-state index contributed by atoms with van der Waals surface area (Å²) in [5, 5.41) is 11.1. The Bertz CT molecular complexity index is 496. The van der Waals surface area contributed by atoms with Gasteiger partial charge in [-0.15, -0.1) is 0 Å². The lowest BCUT2D eigenvalue weighted by Gasteiger charge is -2.10. The van der Waals surface area contributed by atoms with Crippen LogP contribution in [0.2, 0.25) is 0 Å². The van der Waals surface area contributed by atoms with Gasteiger partial charge in [0.2, 0.25) is 6.04 Å². The molecule has 1 N–H and O–H groups in total. The number of hydrogen-bond donors (Lipinski definition) is 1. The molecule has 1 unspecified atom stereocenters. The van der Waals surface area contributed by atoms with Crippen LogP contribution >= 0.6 is 15.9 Å². The van der Waals surface area contributed by atoms with E-state index in [1.807, 2.05) is 0 Å². The zero-order chi connectivity index (χ0) is 13.5. The molecule has 0 aromatic heterocycles. The fourth-order valence-corrected chi connectivity index (χ4v) is 1.61. The molecule has 18 heavy (non-hydrogen) atoms. The maximum atomic E-state index is 11.8. The number of esters is 1. The summed E-state index contributed by atoms with van der Waals surface area (Å²) in [4.78, 5) is 23.1. The van der Waals surface area contributed by atoms with E-state index in [0.29, 0.717) is 5.56 Å². The fourth-order valence-electron chi connectivity index (χ4n) is 1.21. The van der Waals surface area contributed by atoms with Crippen LogP contribution in [-0.4, -0.2) is 24.5 Å². The molecule has 1 aromatic carbocycles. The molecule has 0 aliphatic carbocycles. The second-order valence-electron chi connectivity index (χ2n) is 3.30. The molecule has 0 aliphatic heterocycles. The SMILES string of the molecule is CCOC(=O)C(C#N)NC(=O)c1cccc(Br)c1. The van der Waals surface area contributed by atoms with Crippen LogP contribution in [0.1, 0.15) is 17.3 Å². The van der Waals surface area contributed by atoms with Crippen LogP contribution in [0, 0.1) is 11.3 Å². The minimum Gasteiger partial charge on any atom is -0.464 e. The molecule has 94 valence electrons. The summed E-state index contributed by atoms with van der Waals surface area (Å²) >= 11 is 3.23. The van der Waals surface area contributed by atoms with Crippen LogP contribution in [0.3, 0.4) is 0 Å². The van der Waals surface area contributed by atoms with Gasteiger partial charge < -0.3 is 10.1 Å². The third-order valence-electron chi connectivity index (χ3n) is 2.01. The lowest BCUT2D eigenvalue weighted by atomic mass is 10.2. The normalized spacial score (nSPS) is 11.2. The van der Waals surface area contributed by atoms with Crippen molar-refractivity contribution >= 4 is 27.8 Å². The number of nitriles is 1. The van der Waals surface area contributed by atoms with Crippen LogP contribution in [-0.2, 0) is 9.53 Å². The summed E-state index contributed by atoms with van der Waals surface area (Å²) in [7, 11) is 0. The molecule has 0 heterocycles. The van der Waals surface area contributed by atoms with Gasteiger partial charge in [0, 0.05) is 10.0 Å². The summed E-state index contributed by atoms with van der Waals surface area (Å²) < 4.78 is 5.41. The minimum atomic E-state index is -1.29. The van der Waals surface area contributed by atoms with E-state index in [4.69, 9.17) is 5.26 Å². The van der Waals surface area contributed by atoms with E-state index < -0.39 is 17.9 Å². The van der Waals surface area contributed by atoms with Gasteiger partial charge in [-0.3, -0.25) is 4.79 Å².